The summed E-state index contributed by atoms with van der Waals surface area (Å²) in [7, 11) is 5.01. The lowest BCUT2D eigenvalue weighted by Crippen LogP contribution is -2.72. The molecule has 4 rings (SSSR count). The number of rotatable bonds is 3. The minimum atomic E-state index is -1.10. The Bertz CT molecular complexity index is 982. The standard InChI is InChI=1S/C21H22FN3O3S/c1-21-17(19(26)24(2)3)18(15-11-14(27-4)9-10-16(15)28-21)23-20(29)25(21)13-7-5-12(22)6-8-13/h5-11,17-18H,1-4H3,(H,23,29). The normalized spacial score (nSPS) is 24.9. The Hall–Kier alpha value is -2.87. The largest absolute Gasteiger partial charge is 0.497 e. The molecule has 0 aromatic heterocycles. The van der Waals surface area contributed by atoms with Gasteiger partial charge in [0.1, 0.15) is 23.2 Å². The van der Waals surface area contributed by atoms with Crippen molar-refractivity contribution in [1.29, 1.82) is 0 Å². The number of fused-ring (bicyclic) bond motifs is 4. The average Bonchev–Trinajstić information content (AvgIpc) is 2.68. The molecule has 0 saturated carbocycles. The Morgan fingerprint density at radius 1 is 1.28 bits per heavy atom. The van der Waals surface area contributed by atoms with Crippen molar-refractivity contribution in [2.24, 2.45) is 5.92 Å². The van der Waals surface area contributed by atoms with Gasteiger partial charge < -0.3 is 19.7 Å². The fourth-order valence-electron chi connectivity index (χ4n) is 4.12. The molecule has 1 N–H and O–H groups in total. The van der Waals surface area contributed by atoms with Gasteiger partial charge in [0.15, 0.2) is 10.8 Å². The quantitative estimate of drug-likeness (QED) is 0.778. The maximum atomic E-state index is 13.5. The molecule has 152 valence electrons. The number of halogens is 1. The van der Waals surface area contributed by atoms with E-state index in [-0.39, 0.29) is 11.7 Å². The van der Waals surface area contributed by atoms with E-state index in [4.69, 9.17) is 21.7 Å². The molecule has 0 radical (unpaired) electrons. The van der Waals surface area contributed by atoms with Crippen molar-refractivity contribution < 1.29 is 18.7 Å². The van der Waals surface area contributed by atoms with E-state index in [1.54, 1.807) is 43.1 Å². The fourth-order valence-corrected chi connectivity index (χ4v) is 4.54. The molecule has 0 spiro atoms. The van der Waals surface area contributed by atoms with Crippen molar-refractivity contribution in [1.82, 2.24) is 10.2 Å². The Morgan fingerprint density at radius 2 is 1.97 bits per heavy atom. The minimum absolute atomic E-state index is 0.104. The van der Waals surface area contributed by atoms with Crippen molar-refractivity contribution in [3.63, 3.8) is 0 Å². The number of nitrogens with zero attached hydrogens (tertiary/aromatic N) is 2. The second-order valence-corrected chi connectivity index (χ2v) is 7.90. The Balaban J connectivity index is 1.90. The topological polar surface area (TPSA) is 54.0 Å². The van der Waals surface area contributed by atoms with E-state index in [1.807, 2.05) is 25.1 Å². The van der Waals surface area contributed by atoms with Crippen molar-refractivity contribution in [2.45, 2.75) is 18.7 Å². The number of carbonyl (C=O) groups is 1. The molecule has 3 unspecified atom stereocenters. The molecule has 29 heavy (non-hydrogen) atoms. The summed E-state index contributed by atoms with van der Waals surface area (Å²) in [6.45, 7) is 1.84. The number of hydrogen-bond donors (Lipinski definition) is 1. The van der Waals surface area contributed by atoms with Crippen LogP contribution in [0.2, 0.25) is 0 Å². The summed E-state index contributed by atoms with van der Waals surface area (Å²) in [6, 6.07) is 11.1. The molecule has 1 fully saturated rings. The van der Waals surface area contributed by atoms with Gasteiger partial charge in [-0.15, -0.1) is 0 Å². The number of carbonyl (C=O) groups excluding carboxylic acids is 1. The fraction of sp³-hybridized carbons (Fsp3) is 0.333. The number of nitrogens with one attached hydrogen (secondary N) is 1. The lowest BCUT2D eigenvalue weighted by Gasteiger charge is -2.56. The van der Waals surface area contributed by atoms with Gasteiger partial charge in [-0.3, -0.25) is 9.69 Å². The summed E-state index contributed by atoms with van der Waals surface area (Å²) in [4.78, 5) is 16.6. The zero-order valence-corrected chi connectivity index (χ0v) is 17.4. The zero-order valence-electron chi connectivity index (χ0n) is 16.6. The van der Waals surface area contributed by atoms with E-state index < -0.39 is 17.7 Å². The van der Waals surface area contributed by atoms with Crippen LogP contribution in [0.4, 0.5) is 10.1 Å². The van der Waals surface area contributed by atoms with Crippen LogP contribution in [0.3, 0.4) is 0 Å². The summed E-state index contributed by atoms with van der Waals surface area (Å²) in [6.07, 6.45) is 0. The number of thiocarbonyl (C=S) groups is 1. The molecule has 2 aromatic carbocycles. The van der Waals surface area contributed by atoms with Gasteiger partial charge in [-0.1, -0.05) is 0 Å². The highest BCUT2D eigenvalue weighted by Gasteiger charge is 2.59. The first-order valence-corrected chi connectivity index (χ1v) is 9.61. The molecule has 3 atom stereocenters. The second kappa shape index (κ2) is 6.88. The van der Waals surface area contributed by atoms with E-state index >= 15 is 0 Å². The Kier molecular flexibility index (Phi) is 4.61. The molecule has 2 aliphatic rings. The first-order valence-electron chi connectivity index (χ1n) is 9.20. The maximum Gasteiger partial charge on any atom is 0.233 e. The third-order valence-corrected chi connectivity index (χ3v) is 5.80. The number of amides is 1. The van der Waals surface area contributed by atoms with Gasteiger partial charge in [-0.2, -0.15) is 0 Å². The van der Waals surface area contributed by atoms with Gasteiger partial charge in [0.25, 0.3) is 0 Å². The predicted octanol–water partition coefficient (Wildman–Crippen LogP) is 3.08. The lowest BCUT2D eigenvalue weighted by molar-refractivity contribution is -0.144. The van der Waals surface area contributed by atoms with Crippen molar-refractivity contribution >= 4 is 28.9 Å². The number of ether oxygens (including phenoxy) is 2. The highest BCUT2D eigenvalue weighted by Crippen LogP contribution is 2.50. The first-order chi connectivity index (χ1) is 13.8. The molecule has 0 aliphatic carbocycles. The van der Waals surface area contributed by atoms with Gasteiger partial charge in [-0.05, 0) is 61.6 Å². The van der Waals surface area contributed by atoms with Crippen LogP contribution in [0.5, 0.6) is 11.5 Å². The second-order valence-electron chi connectivity index (χ2n) is 7.51. The van der Waals surface area contributed by atoms with Crippen LogP contribution in [0.1, 0.15) is 18.5 Å². The van der Waals surface area contributed by atoms with Crippen LogP contribution in [-0.4, -0.2) is 42.8 Å². The highest BCUT2D eigenvalue weighted by molar-refractivity contribution is 7.80. The number of anilines is 1. The van der Waals surface area contributed by atoms with E-state index in [9.17, 15) is 9.18 Å². The average molecular weight is 415 g/mol. The minimum Gasteiger partial charge on any atom is -0.497 e. The lowest BCUT2D eigenvalue weighted by atomic mass is 9.78. The van der Waals surface area contributed by atoms with Crippen LogP contribution < -0.4 is 19.7 Å². The molecule has 1 saturated heterocycles. The number of benzene rings is 2. The van der Waals surface area contributed by atoms with Gasteiger partial charge in [0.05, 0.1) is 13.2 Å². The van der Waals surface area contributed by atoms with Gasteiger partial charge in [-0.25, -0.2) is 4.39 Å². The summed E-state index contributed by atoms with van der Waals surface area (Å²) < 4.78 is 25.3. The summed E-state index contributed by atoms with van der Waals surface area (Å²) in [5, 5.41) is 3.71. The third-order valence-electron chi connectivity index (χ3n) is 5.50. The summed E-state index contributed by atoms with van der Waals surface area (Å²) >= 11 is 5.65. The SMILES string of the molecule is COc1ccc2c(c1)C1NC(=S)N(c3ccc(F)cc3)C(C)(O2)C1C(=O)N(C)C. The molecule has 2 heterocycles. The van der Waals surface area contributed by atoms with Crippen LogP contribution in [0.25, 0.3) is 0 Å². The number of methoxy groups -OCH3 is 1. The van der Waals surface area contributed by atoms with Crippen LogP contribution in [0.15, 0.2) is 42.5 Å². The van der Waals surface area contributed by atoms with Gasteiger partial charge >= 0.3 is 0 Å². The molecule has 6 nitrogen and oxygen atoms in total. The smallest absolute Gasteiger partial charge is 0.233 e. The summed E-state index contributed by atoms with van der Waals surface area (Å²) in [5.74, 6) is 0.251. The van der Waals surface area contributed by atoms with E-state index in [0.717, 1.165) is 5.56 Å². The molecule has 2 bridgehead atoms. The first kappa shape index (κ1) is 19.4. The zero-order chi connectivity index (χ0) is 20.9. The van der Waals surface area contributed by atoms with E-state index in [1.165, 1.54) is 12.1 Å². The van der Waals surface area contributed by atoms with E-state index in [0.29, 0.717) is 22.3 Å². The van der Waals surface area contributed by atoms with Crippen LogP contribution in [0, 0.1) is 11.7 Å². The van der Waals surface area contributed by atoms with Gasteiger partial charge in [0.2, 0.25) is 5.91 Å². The van der Waals surface area contributed by atoms with Crippen molar-refractivity contribution in [3.05, 3.63) is 53.8 Å². The van der Waals surface area contributed by atoms with Crippen molar-refractivity contribution in [2.75, 3.05) is 26.1 Å². The monoisotopic (exact) mass is 415 g/mol. The maximum absolute atomic E-state index is 13.5. The number of hydrogen-bond acceptors (Lipinski definition) is 4. The molecular formula is C21H22FN3O3S. The third kappa shape index (κ3) is 2.98. The molecule has 2 aromatic rings. The molecule has 8 heteroatoms. The van der Waals surface area contributed by atoms with Crippen molar-refractivity contribution in [3.8, 4) is 11.5 Å². The Labute approximate surface area is 174 Å². The highest BCUT2D eigenvalue weighted by atomic mass is 32.1. The van der Waals surface area contributed by atoms with E-state index in [2.05, 4.69) is 5.32 Å². The molecule has 1 amide bonds. The molecular weight excluding hydrogens is 393 g/mol. The summed E-state index contributed by atoms with van der Waals surface area (Å²) in [5.41, 5.74) is 0.342. The predicted molar refractivity (Wildman–Crippen MR) is 112 cm³/mol. The molecule has 2 aliphatic heterocycles. The Morgan fingerprint density at radius 3 is 2.59 bits per heavy atom. The van der Waals surface area contributed by atoms with Crippen LogP contribution >= 0.6 is 12.2 Å². The van der Waals surface area contributed by atoms with Gasteiger partial charge in [0, 0.05) is 25.3 Å². The van der Waals surface area contributed by atoms with Crippen LogP contribution in [-0.2, 0) is 4.79 Å².